The van der Waals surface area contributed by atoms with Crippen LogP contribution in [0.5, 0.6) is 0 Å². The van der Waals surface area contributed by atoms with E-state index < -0.39 is 0 Å². The molecule has 0 saturated carbocycles. The van der Waals surface area contributed by atoms with Crippen LogP contribution in [0.15, 0.2) is 279 Å². The first-order chi connectivity index (χ1) is 41.6. The maximum atomic E-state index is 5.36. The van der Waals surface area contributed by atoms with E-state index in [0.29, 0.717) is 34.9 Å². The highest BCUT2D eigenvalue weighted by Gasteiger charge is 2.20. The molecule has 0 aliphatic carbocycles. The van der Waals surface area contributed by atoms with Crippen LogP contribution in [-0.4, -0.2) is 39.9 Å². The molecule has 16 rings (SSSR count). The third kappa shape index (κ3) is 8.74. The number of benzene rings is 12. The lowest BCUT2D eigenvalue weighted by atomic mass is 9.96. The molecule has 0 aliphatic rings. The summed E-state index contributed by atoms with van der Waals surface area (Å²) in [5, 5.41) is 12.4. The Kier molecular flexibility index (Phi) is 11.7. The standard InChI is InChI=1S/C76H46N8/c1-2-14-50(15-3-1)71-79-72(81-73(80-71)53-36-30-49(31-37-53)69-46-77-44-57-18-6-9-21-62(57)69)51-32-26-47(27-33-51)54-38-39-70-58(40-54)41-59(45-78-70)48-28-34-52(35-29-48)74-82-75(67-42-55-16-4-7-19-60(55)63-22-10-12-24-65(63)67)84-76(83-74)68-43-56-17-5-8-20-61(56)64-23-11-13-25-66(64)68/h1-46H. The summed E-state index contributed by atoms with van der Waals surface area (Å²) in [6.45, 7) is 0. The number of rotatable bonds is 9. The first kappa shape index (κ1) is 48.4. The quantitative estimate of drug-likeness (QED) is 0.132. The van der Waals surface area contributed by atoms with Gasteiger partial charge in [-0.2, -0.15) is 0 Å². The van der Waals surface area contributed by atoms with Gasteiger partial charge in [0.25, 0.3) is 0 Å². The van der Waals surface area contributed by atoms with Crippen molar-refractivity contribution in [3.8, 4) is 102 Å². The Morgan fingerprint density at radius 1 is 0.190 bits per heavy atom. The number of pyridine rings is 2. The third-order valence-corrected chi connectivity index (χ3v) is 16.1. The van der Waals surface area contributed by atoms with Gasteiger partial charge in [-0.25, -0.2) is 29.9 Å². The fourth-order valence-corrected chi connectivity index (χ4v) is 11.8. The number of nitrogens with zero attached hydrogens (tertiary/aromatic N) is 8. The Morgan fingerprint density at radius 2 is 0.571 bits per heavy atom. The van der Waals surface area contributed by atoms with Gasteiger partial charge in [-0.3, -0.25) is 9.97 Å². The van der Waals surface area contributed by atoms with Crippen molar-refractivity contribution < 1.29 is 0 Å². The molecule has 0 amide bonds. The lowest BCUT2D eigenvalue weighted by Gasteiger charge is -2.14. The smallest absolute Gasteiger partial charge is 0.164 e. The van der Waals surface area contributed by atoms with Crippen LogP contribution >= 0.6 is 0 Å². The van der Waals surface area contributed by atoms with E-state index in [1.165, 1.54) is 10.8 Å². The van der Waals surface area contributed by atoms with Crippen molar-refractivity contribution in [3.05, 3.63) is 279 Å². The van der Waals surface area contributed by atoms with Gasteiger partial charge < -0.3 is 0 Å². The molecule has 0 aliphatic heterocycles. The monoisotopic (exact) mass is 1070 g/mol. The molecule has 0 radical (unpaired) electrons. The molecule has 0 atom stereocenters. The van der Waals surface area contributed by atoms with Crippen LogP contribution in [0, 0.1) is 0 Å². The number of fused-ring (bicyclic) bond motifs is 8. The highest BCUT2D eigenvalue weighted by molar-refractivity contribution is 6.15. The van der Waals surface area contributed by atoms with E-state index in [9.17, 15) is 0 Å². The first-order valence-corrected chi connectivity index (χ1v) is 28.0. The van der Waals surface area contributed by atoms with Gasteiger partial charge in [0.1, 0.15) is 0 Å². The average molecular weight is 1070 g/mol. The Morgan fingerprint density at radius 3 is 1.12 bits per heavy atom. The molecule has 12 aromatic carbocycles. The second kappa shape index (κ2) is 20.3. The zero-order valence-electron chi connectivity index (χ0n) is 45.1. The van der Waals surface area contributed by atoms with Crippen molar-refractivity contribution in [2.24, 2.45) is 0 Å². The molecule has 4 heterocycles. The van der Waals surface area contributed by atoms with Crippen molar-refractivity contribution in [1.29, 1.82) is 0 Å². The molecule has 16 aromatic rings. The molecule has 390 valence electrons. The van der Waals surface area contributed by atoms with Crippen molar-refractivity contribution in [3.63, 3.8) is 0 Å². The Bertz CT molecular complexity index is 5100. The van der Waals surface area contributed by atoms with Crippen molar-refractivity contribution in [2.75, 3.05) is 0 Å². The van der Waals surface area contributed by atoms with Crippen LogP contribution in [0.1, 0.15) is 0 Å². The van der Waals surface area contributed by atoms with Gasteiger partial charge >= 0.3 is 0 Å². The third-order valence-electron chi connectivity index (χ3n) is 16.1. The van der Waals surface area contributed by atoms with Gasteiger partial charge in [0.05, 0.1) is 5.52 Å². The molecule has 4 aromatic heterocycles. The second-order valence-electron chi connectivity index (χ2n) is 21.1. The molecule has 0 N–H and O–H groups in total. The Labute approximate surface area is 483 Å². The lowest BCUT2D eigenvalue weighted by molar-refractivity contribution is 1.07. The maximum absolute atomic E-state index is 5.36. The summed E-state index contributed by atoms with van der Waals surface area (Å²) < 4.78 is 0. The molecule has 0 fully saturated rings. The molecule has 0 bridgehead atoms. The highest BCUT2D eigenvalue weighted by Crippen LogP contribution is 2.39. The largest absolute Gasteiger partial charge is 0.263 e. The lowest BCUT2D eigenvalue weighted by Crippen LogP contribution is -2.01. The minimum Gasteiger partial charge on any atom is -0.263 e. The van der Waals surface area contributed by atoms with Crippen LogP contribution in [-0.2, 0) is 0 Å². The summed E-state index contributed by atoms with van der Waals surface area (Å²) in [6.07, 6.45) is 5.78. The minimum atomic E-state index is 0.594. The second-order valence-corrected chi connectivity index (χ2v) is 21.1. The highest BCUT2D eigenvalue weighted by atomic mass is 15.0. The van der Waals surface area contributed by atoms with E-state index in [0.717, 1.165) is 121 Å². The SMILES string of the molecule is c1ccc(-c2nc(-c3ccc(-c4ccc5ncc(-c6ccc(-c7nc(-c8cc9ccccc9c9ccccc89)nc(-c8cc9ccccc9c9ccccc89)n7)cc6)cc5c4)cc3)nc(-c3ccc(-c4cncc5ccccc45)cc3)n2)cc1. The summed E-state index contributed by atoms with van der Waals surface area (Å²) >= 11 is 0. The van der Waals surface area contributed by atoms with E-state index in [1.807, 2.05) is 55.0 Å². The van der Waals surface area contributed by atoms with Crippen molar-refractivity contribution in [1.82, 2.24) is 39.9 Å². The van der Waals surface area contributed by atoms with Crippen LogP contribution in [0.2, 0.25) is 0 Å². The predicted octanol–water partition coefficient (Wildman–Crippen LogP) is 18.8. The molecular formula is C76H46N8. The minimum absolute atomic E-state index is 0.594. The van der Waals surface area contributed by atoms with Gasteiger partial charge in [-0.15, -0.1) is 0 Å². The number of hydrogen-bond donors (Lipinski definition) is 0. The van der Waals surface area contributed by atoms with E-state index in [1.54, 1.807) is 0 Å². The molecule has 0 unspecified atom stereocenters. The van der Waals surface area contributed by atoms with E-state index in [2.05, 4.69) is 229 Å². The van der Waals surface area contributed by atoms with Crippen LogP contribution in [0.3, 0.4) is 0 Å². The Hall–Kier alpha value is -11.5. The average Bonchev–Trinajstić information content (AvgIpc) is 3.51. The number of aromatic nitrogens is 8. The number of hydrogen-bond acceptors (Lipinski definition) is 8. The molecule has 8 heteroatoms. The van der Waals surface area contributed by atoms with Gasteiger partial charge in [0.2, 0.25) is 0 Å². The van der Waals surface area contributed by atoms with E-state index >= 15 is 0 Å². The topological polar surface area (TPSA) is 103 Å². The molecular weight excluding hydrogens is 1020 g/mol. The summed E-state index contributed by atoms with van der Waals surface area (Å²) in [7, 11) is 0. The van der Waals surface area contributed by atoms with Crippen molar-refractivity contribution in [2.45, 2.75) is 0 Å². The summed E-state index contributed by atoms with van der Waals surface area (Å²) in [5.41, 5.74) is 12.7. The molecule has 0 saturated heterocycles. The van der Waals surface area contributed by atoms with E-state index in [-0.39, 0.29) is 0 Å². The molecule has 8 nitrogen and oxygen atoms in total. The van der Waals surface area contributed by atoms with Crippen LogP contribution in [0.25, 0.3) is 166 Å². The Balaban J connectivity index is 0.725. The molecule has 0 spiro atoms. The van der Waals surface area contributed by atoms with Gasteiger partial charge in [-0.1, -0.05) is 231 Å². The van der Waals surface area contributed by atoms with Crippen LogP contribution in [0.4, 0.5) is 0 Å². The first-order valence-electron chi connectivity index (χ1n) is 28.0. The van der Waals surface area contributed by atoms with Gasteiger partial charge in [-0.05, 0) is 101 Å². The van der Waals surface area contributed by atoms with E-state index in [4.69, 9.17) is 34.9 Å². The van der Waals surface area contributed by atoms with Crippen LogP contribution < -0.4 is 0 Å². The fourth-order valence-electron chi connectivity index (χ4n) is 11.8. The van der Waals surface area contributed by atoms with Gasteiger partial charge in [0, 0.05) is 73.9 Å². The summed E-state index contributed by atoms with van der Waals surface area (Å²) in [4.78, 5) is 40.5. The zero-order chi connectivity index (χ0) is 55.5. The van der Waals surface area contributed by atoms with Gasteiger partial charge in [0.15, 0.2) is 34.9 Å². The predicted molar refractivity (Wildman–Crippen MR) is 343 cm³/mol. The zero-order valence-corrected chi connectivity index (χ0v) is 45.1. The maximum Gasteiger partial charge on any atom is 0.164 e. The molecule has 84 heavy (non-hydrogen) atoms. The summed E-state index contributed by atoms with van der Waals surface area (Å²) in [5.74, 6) is 3.64. The fraction of sp³-hybridized carbons (Fsp3) is 0. The normalized spacial score (nSPS) is 11.6. The van der Waals surface area contributed by atoms with Crippen molar-refractivity contribution >= 4 is 64.8 Å². The summed E-state index contributed by atoms with van der Waals surface area (Å²) in [6, 6.07) is 90.9.